The average molecular weight is 492 g/mol. The van der Waals surface area contributed by atoms with E-state index >= 15 is 0 Å². The van der Waals surface area contributed by atoms with Gasteiger partial charge in [-0.2, -0.15) is 0 Å². The molecule has 0 aliphatic carbocycles. The smallest absolute Gasteiger partial charge is 0.408 e. The lowest BCUT2D eigenvalue weighted by molar-refractivity contribution is -0.144. The molecule has 196 valence electrons. The molecular formula is C26H41N3O6. The first-order valence-electron chi connectivity index (χ1n) is 12.0. The summed E-state index contributed by atoms with van der Waals surface area (Å²) in [4.78, 5) is 52.3. The van der Waals surface area contributed by atoms with E-state index in [0.717, 1.165) is 24.0 Å². The fraction of sp³-hybridized carbons (Fsp3) is 0.615. The van der Waals surface area contributed by atoms with Crippen LogP contribution in [0.1, 0.15) is 76.6 Å². The number of benzene rings is 1. The third kappa shape index (κ3) is 9.96. The molecule has 2 N–H and O–H groups in total. The summed E-state index contributed by atoms with van der Waals surface area (Å²) in [5.41, 5.74) is 1.91. The van der Waals surface area contributed by atoms with Crippen LogP contribution in [-0.2, 0) is 23.9 Å². The van der Waals surface area contributed by atoms with Crippen molar-refractivity contribution in [2.24, 2.45) is 0 Å². The zero-order chi connectivity index (χ0) is 26.8. The van der Waals surface area contributed by atoms with Crippen LogP contribution in [-0.4, -0.2) is 60.6 Å². The molecule has 2 unspecified atom stereocenters. The highest BCUT2D eigenvalue weighted by molar-refractivity contribution is 5.93. The first kappa shape index (κ1) is 29.9. The van der Waals surface area contributed by atoms with Crippen molar-refractivity contribution >= 4 is 23.9 Å². The van der Waals surface area contributed by atoms with Crippen molar-refractivity contribution < 1.29 is 28.7 Å². The lowest BCUT2D eigenvalue weighted by atomic mass is 9.98. The number of nitrogens with zero attached hydrogens (tertiary/aromatic N) is 1. The Morgan fingerprint density at radius 3 is 2.26 bits per heavy atom. The number of esters is 1. The highest BCUT2D eigenvalue weighted by Gasteiger charge is 2.34. The third-order valence-corrected chi connectivity index (χ3v) is 5.43. The minimum Gasteiger partial charge on any atom is -0.468 e. The maximum atomic E-state index is 13.6. The molecule has 1 rings (SSSR count). The van der Waals surface area contributed by atoms with Crippen LogP contribution < -0.4 is 10.6 Å². The minimum absolute atomic E-state index is 0.302. The van der Waals surface area contributed by atoms with E-state index in [1.165, 1.54) is 12.0 Å². The van der Waals surface area contributed by atoms with Gasteiger partial charge in [0, 0.05) is 6.54 Å². The van der Waals surface area contributed by atoms with Crippen molar-refractivity contribution in [1.29, 1.82) is 0 Å². The first-order chi connectivity index (χ1) is 16.3. The molecule has 0 saturated heterocycles. The third-order valence-electron chi connectivity index (χ3n) is 5.43. The summed E-state index contributed by atoms with van der Waals surface area (Å²) in [7, 11) is 1.24. The number of amides is 3. The van der Waals surface area contributed by atoms with Gasteiger partial charge in [0.15, 0.2) is 0 Å². The second-order valence-corrected chi connectivity index (χ2v) is 9.65. The van der Waals surface area contributed by atoms with Crippen LogP contribution in [0.25, 0.3) is 0 Å². The average Bonchev–Trinajstić information content (AvgIpc) is 2.77. The monoisotopic (exact) mass is 491 g/mol. The number of hydrogen-bond donors (Lipinski definition) is 2. The van der Waals surface area contributed by atoms with Gasteiger partial charge in [-0.1, -0.05) is 38.0 Å². The van der Waals surface area contributed by atoms with Gasteiger partial charge in [0.1, 0.15) is 24.2 Å². The number of aryl methyl sites for hydroxylation is 2. The molecule has 0 aliphatic heterocycles. The molecule has 0 radical (unpaired) electrons. The fourth-order valence-electron chi connectivity index (χ4n) is 3.43. The van der Waals surface area contributed by atoms with E-state index in [2.05, 4.69) is 15.4 Å². The van der Waals surface area contributed by atoms with Crippen LogP contribution in [0.15, 0.2) is 18.2 Å². The Kier molecular flexibility index (Phi) is 11.7. The zero-order valence-electron chi connectivity index (χ0n) is 22.3. The Morgan fingerprint density at radius 1 is 1.06 bits per heavy atom. The van der Waals surface area contributed by atoms with Crippen molar-refractivity contribution in [1.82, 2.24) is 15.5 Å². The minimum atomic E-state index is -0.994. The normalized spacial score (nSPS) is 12.8. The van der Waals surface area contributed by atoms with E-state index in [1.807, 2.05) is 32.9 Å². The van der Waals surface area contributed by atoms with Gasteiger partial charge in [0.25, 0.3) is 0 Å². The van der Waals surface area contributed by atoms with E-state index in [1.54, 1.807) is 33.8 Å². The molecule has 9 heteroatoms. The molecule has 9 nitrogen and oxygen atoms in total. The molecule has 0 saturated carbocycles. The summed E-state index contributed by atoms with van der Waals surface area (Å²) >= 11 is 0. The van der Waals surface area contributed by atoms with Crippen LogP contribution in [0.5, 0.6) is 0 Å². The summed E-state index contributed by atoms with van der Waals surface area (Å²) in [5.74, 6) is -1.53. The van der Waals surface area contributed by atoms with Crippen molar-refractivity contribution in [2.75, 3.05) is 20.2 Å². The number of nitrogens with one attached hydrogen (secondary N) is 2. The molecule has 1 aromatic rings. The Labute approximate surface area is 208 Å². The lowest BCUT2D eigenvalue weighted by Gasteiger charge is -2.34. The van der Waals surface area contributed by atoms with Gasteiger partial charge in [0.05, 0.1) is 7.11 Å². The fourth-order valence-corrected chi connectivity index (χ4v) is 3.43. The maximum Gasteiger partial charge on any atom is 0.408 e. The Bertz CT molecular complexity index is 894. The predicted molar refractivity (Wildman–Crippen MR) is 134 cm³/mol. The van der Waals surface area contributed by atoms with Gasteiger partial charge in [-0.05, 0) is 64.7 Å². The largest absolute Gasteiger partial charge is 0.468 e. The van der Waals surface area contributed by atoms with Crippen molar-refractivity contribution in [2.45, 2.75) is 85.4 Å². The topological polar surface area (TPSA) is 114 Å². The Morgan fingerprint density at radius 2 is 1.71 bits per heavy atom. The molecule has 2 atom stereocenters. The summed E-state index contributed by atoms with van der Waals surface area (Å²) in [6, 6.07) is 3.63. The predicted octanol–water partition coefficient (Wildman–Crippen LogP) is 3.57. The van der Waals surface area contributed by atoms with Gasteiger partial charge in [-0.3, -0.25) is 14.4 Å². The summed E-state index contributed by atoms with van der Waals surface area (Å²) < 4.78 is 9.92. The number of methoxy groups -OCH3 is 1. The first-order valence-corrected chi connectivity index (χ1v) is 12.0. The lowest BCUT2D eigenvalue weighted by Crippen LogP contribution is -2.52. The number of alkyl carbamates (subject to hydrolysis) is 1. The van der Waals surface area contributed by atoms with Crippen LogP contribution in [0.4, 0.5) is 4.79 Å². The standard InChI is InChI=1S/C26H41N3O6/c1-9-10-11-14-29(24(32)19(4)28-25(33)35-26(5,6)7)22(23(31)27-16-21(30)34-8)20-13-12-17(2)18(3)15-20/h12-13,15,19,22H,9-11,14,16H2,1-8H3,(H,27,31)(H,28,33). The number of hydrogen-bond acceptors (Lipinski definition) is 6. The number of carbonyl (C=O) groups excluding carboxylic acids is 4. The SMILES string of the molecule is CCCCCN(C(=O)C(C)NC(=O)OC(C)(C)C)C(C(=O)NCC(=O)OC)c1ccc(C)c(C)c1. The molecule has 35 heavy (non-hydrogen) atoms. The van der Waals surface area contributed by atoms with E-state index in [-0.39, 0.29) is 6.54 Å². The zero-order valence-corrected chi connectivity index (χ0v) is 22.3. The van der Waals surface area contributed by atoms with Crippen LogP contribution in [0, 0.1) is 13.8 Å². The highest BCUT2D eigenvalue weighted by atomic mass is 16.6. The molecule has 0 bridgehead atoms. The van der Waals surface area contributed by atoms with E-state index in [0.29, 0.717) is 18.5 Å². The molecular weight excluding hydrogens is 450 g/mol. The molecule has 0 aromatic heterocycles. The van der Waals surface area contributed by atoms with Gasteiger partial charge >= 0.3 is 12.1 Å². The van der Waals surface area contributed by atoms with Gasteiger partial charge < -0.3 is 25.0 Å². The number of rotatable bonds is 11. The van der Waals surface area contributed by atoms with Crippen LogP contribution >= 0.6 is 0 Å². The van der Waals surface area contributed by atoms with E-state index in [4.69, 9.17) is 4.74 Å². The van der Waals surface area contributed by atoms with E-state index in [9.17, 15) is 19.2 Å². The second-order valence-electron chi connectivity index (χ2n) is 9.65. The van der Waals surface area contributed by atoms with Crippen molar-refractivity contribution in [3.8, 4) is 0 Å². The molecule has 3 amide bonds. The number of ether oxygens (including phenoxy) is 2. The van der Waals surface area contributed by atoms with Crippen molar-refractivity contribution in [3.05, 3.63) is 34.9 Å². The van der Waals surface area contributed by atoms with Gasteiger partial charge in [-0.15, -0.1) is 0 Å². The quantitative estimate of drug-likeness (QED) is 0.361. The van der Waals surface area contributed by atoms with Crippen molar-refractivity contribution in [3.63, 3.8) is 0 Å². The Hall–Kier alpha value is -3.10. The van der Waals surface area contributed by atoms with E-state index < -0.39 is 41.6 Å². The molecule has 0 aliphatic rings. The number of unbranched alkanes of at least 4 members (excludes halogenated alkanes) is 2. The number of carbonyl (C=O) groups is 4. The van der Waals surface area contributed by atoms with Gasteiger partial charge in [0.2, 0.25) is 11.8 Å². The summed E-state index contributed by atoms with van der Waals surface area (Å²) in [6.07, 6.45) is 1.75. The molecule has 0 heterocycles. The summed E-state index contributed by atoms with van der Waals surface area (Å²) in [6.45, 7) is 12.7. The maximum absolute atomic E-state index is 13.6. The summed E-state index contributed by atoms with van der Waals surface area (Å²) in [5, 5.41) is 5.16. The highest BCUT2D eigenvalue weighted by Crippen LogP contribution is 2.25. The molecule has 0 spiro atoms. The Balaban J connectivity index is 3.35. The van der Waals surface area contributed by atoms with Gasteiger partial charge in [-0.25, -0.2) is 4.79 Å². The molecule has 0 fully saturated rings. The second kappa shape index (κ2) is 13.7. The molecule has 1 aromatic carbocycles. The van der Waals surface area contributed by atoms with Crippen LogP contribution in [0.3, 0.4) is 0 Å². The van der Waals surface area contributed by atoms with Crippen LogP contribution in [0.2, 0.25) is 0 Å².